The Morgan fingerprint density at radius 2 is 1.76 bits per heavy atom. The molecule has 2 fully saturated rings. The fourth-order valence-corrected chi connectivity index (χ4v) is 8.02. The van der Waals surface area contributed by atoms with Gasteiger partial charge in [-0.25, -0.2) is 8.89 Å². The van der Waals surface area contributed by atoms with Gasteiger partial charge in [0, 0.05) is 26.8 Å². The van der Waals surface area contributed by atoms with Crippen LogP contribution in [-0.2, 0) is 26.5 Å². The van der Waals surface area contributed by atoms with Crippen molar-refractivity contribution in [3.63, 3.8) is 0 Å². The number of fused-ring (bicyclic) bond motifs is 2. The highest BCUT2D eigenvalue weighted by Gasteiger charge is 2.55. The second kappa shape index (κ2) is 10.3. The van der Waals surface area contributed by atoms with Crippen LogP contribution in [0, 0.1) is 4.78 Å². The third-order valence-electron chi connectivity index (χ3n) is 8.99. The normalized spacial score (nSPS) is 22.5. The van der Waals surface area contributed by atoms with Gasteiger partial charge < -0.3 is 14.4 Å². The predicted molar refractivity (Wildman–Crippen MR) is 163 cm³/mol. The lowest BCUT2D eigenvalue weighted by molar-refractivity contribution is -0.126. The fraction of sp³-hybridized carbons (Fsp3) is 0.333. The second-order valence-corrected chi connectivity index (χ2v) is 14.0. The van der Waals surface area contributed by atoms with Crippen LogP contribution in [0.2, 0.25) is 0 Å². The van der Waals surface area contributed by atoms with E-state index in [-0.39, 0.29) is 12.0 Å². The van der Waals surface area contributed by atoms with Crippen molar-refractivity contribution in [3.05, 3.63) is 90.1 Å². The maximum absolute atomic E-state index is 14.3. The zero-order valence-corrected chi connectivity index (χ0v) is 24.4. The number of hydrogen-bond donors (Lipinski definition) is 1. The average molecular weight is 583 g/mol. The molecule has 1 aromatic heterocycles. The molecule has 0 atom stereocenters. The number of nitrogens with zero attached hydrogens (tertiary/aromatic N) is 3. The van der Waals surface area contributed by atoms with Gasteiger partial charge in [0.2, 0.25) is 5.91 Å². The van der Waals surface area contributed by atoms with Crippen molar-refractivity contribution < 1.29 is 18.5 Å². The number of carbonyl (C=O) groups is 1. The maximum atomic E-state index is 14.3. The minimum Gasteiger partial charge on any atom is -0.497 e. The molecule has 2 aliphatic heterocycles. The molecule has 7 rings (SSSR count). The van der Waals surface area contributed by atoms with Crippen molar-refractivity contribution in [2.24, 2.45) is 0 Å². The molecule has 1 saturated heterocycles. The van der Waals surface area contributed by atoms with Gasteiger partial charge in [-0.15, -0.1) is 0 Å². The summed E-state index contributed by atoms with van der Waals surface area (Å²) in [5.74, 6) is 2.22. The standard InChI is InChI=1S/C33H34N4O4S/c1-40-26-10-8-23(9-11-26)22-36-31-28(33(32(36)38)15-5-16-33)20-24(21-30(31)41-27-13-18-42(34,39)19-14-27)29-12-17-35-37(29)25-6-3-2-4-7-25/h2-4,6-12,17,20-21,27,34H,5,13-16,18-19,22H2,1H3. The van der Waals surface area contributed by atoms with Gasteiger partial charge in [0.1, 0.15) is 17.6 Å². The summed E-state index contributed by atoms with van der Waals surface area (Å²) in [7, 11) is -0.901. The van der Waals surface area contributed by atoms with Crippen LogP contribution in [0.25, 0.3) is 16.9 Å². The lowest BCUT2D eigenvalue weighted by atomic mass is 9.65. The molecule has 0 unspecified atom stereocenters. The molecule has 1 aliphatic carbocycles. The van der Waals surface area contributed by atoms with Crippen LogP contribution in [0.15, 0.2) is 79.0 Å². The minimum absolute atomic E-state index is 0.121. The number of aromatic nitrogens is 2. The van der Waals surface area contributed by atoms with E-state index in [4.69, 9.17) is 14.3 Å². The summed E-state index contributed by atoms with van der Waals surface area (Å²) in [5, 5.41) is 4.62. The molecule has 8 nitrogen and oxygen atoms in total. The molecule has 3 aliphatic rings. The van der Waals surface area contributed by atoms with Crippen LogP contribution >= 0.6 is 0 Å². The van der Waals surface area contributed by atoms with Crippen molar-refractivity contribution in [2.45, 2.75) is 50.2 Å². The summed E-state index contributed by atoms with van der Waals surface area (Å²) in [5.41, 5.74) is 5.11. The summed E-state index contributed by atoms with van der Waals surface area (Å²) < 4.78 is 34.4. The summed E-state index contributed by atoms with van der Waals surface area (Å²) in [6.45, 7) is 0.431. The van der Waals surface area contributed by atoms with E-state index in [9.17, 15) is 9.00 Å². The predicted octanol–water partition coefficient (Wildman–Crippen LogP) is 6.10. The Morgan fingerprint density at radius 1 is 1.02 bits per heavy atom. The number of benzene rings is 3. The number of rotatable bonds is 7. The molecule has 4 aromatic rings. The van der Waals surface area contributed by atoms with Gasteiger partial charge in [0.05, 0.1) is 42.3 Å². The first-order chi connectivity index (χ1) is 20.4. The molecule has 1 saturated carbocycles. The van der Waals surface area contributed by atoms with E-state index in [1.165, 1.54) is 0 Å². The quantitative estimate of drug-likeness (QED) is 0.284. The first-order valence-corrected chi connectivity index (χ1v) is 16.4. The van der Waals surface area contributed by atoms with Crippen molar-refractivity contribution in [3.8, 4) is 28.4 Å². The van der Waals surface area contributed by atoms with Crippen molar-refractivity contribution >= 4 is 21.3 Å². The molecule has 3 heterocycles. The number of hydrogen-bond acceptors (Lipinski definition) is 6. The third-order valence-corrected chi connectivity index (χ3v) is 10.8. The van der Waals surface area contributed by atoms with Gasteiger partial charge in [0.15, 0.2) is 0 Å². The summed E-state index contributed by atoms with van der Waals surface area (Å²) >= 11 is 0. The molecule has 1 amide bonds. The highest BCUT2D eigenvalue weighted by Crippen LogP contribution is 2.57. The molecule has 0 bridgehead atoms. The van der Waals surface area contributed by atoms with Crippen LogP contribution in [-0.4, -0.2) is 44.6 Å². The minimum atomic E-state index is -2.55. The van der Waals surface area contributed by atoms with E-state index in [0.717, 1.165) is 58.8 Å². The van der Waals surface area contributed by atoms with Gasteiger partial charge in [-0.05, 0) is 79.3 Å². The highest BCUT2D eigenvalue weighted by atomic mass is 32.2. The summed E-state index contributed by atoms with van der Waals surface area (Å²) in [4.78, 5) is 16.2. The fourth-order valence-electron chi connectivity index (χ4n) is 6.53. The Bertz CT molecular complexity index is 1730. The highest BCUT2D eigenvalue weighted by molar-refractivity contribution is 7.92. The molecule has 9 heteroatoms. The lowest BCUT2D eigenvalue weighted by Gasteiger charge is -2.37. The van der Waals surface area contributed by atoms with Crippen LogP contribution in [0.1, 0.15) is 43.2 Å². The topological polar surface area (TPSA) is 97.5 Å². The van der Waals surface area contributed by atoms with E-state index in [1.807, 2.05) is 76.3 Å². The zero-order valence-electron chi connectivity index (χ0n) is 23.6. The number of carbonyl (C=O) groups excluding carboxylic acids is 1. The number of nitrogens with one attached hydrogen (secondary N) is 1. The molecule has 216 valence electrons. The largest absolute Gasteiger partial charge is 0.497 e. The Labute approximate surface area is 246 Å². The Balaban J connectivity index is 1.35. The van der Waals surface area contributed by atoms with Crippen LogP contribution in [0.3, 0.4) is 0 Å². The van der Waals surface area contributed by atoms with E-state index < -0.39 is 15.1 Å². The Hall–Kier alpha value is -4.11. The molecule has 1 N–H and O–H groups in total. The number of para-hydroxylation sites is 1. The van der Waals surface area contributed by atoms with Gasteiger partial charge in [-0.1, -0.05) is 36.8 Å². The number of methoxy groups -OCH3 is 1. The smallest absolute Gasteiger partial charge is 0.238 e. The molecular formula is C33H34N4O4S. The van der Waals surface area contributed by atoms with E-state index in [1.54, 1.807) is 13.3 Å². The molecule has 3 aromatic carbocycles. The van der Waals surface area contributed by atoms with Gasteiger partial charge in [-0.3, -0.25) is 9.57 Å². The molecule has 1 spiro atoms. The van der Waals surface area contributed by atoms with E-state index >= 15 is 0 Å². The molecule has 0 radical (unpaired) electrons. The Kier molecular flexibility index (Phi) is 6.57. The van der Waals surface area contributed by atoms with Crippen molar-refractivity contribution in [1.82, 2.24) is 9.78 Å². The van der Waals surface area contributed by atoms with Crippen LogP contribution in [0.5, 0.6) is 11.5 Å². The first kappa shape index (κ1) is 26.8. The van der Waals surface area contributed by atoms with Gasteiger partial charge in [0.25, 0.3) is 0 Å². The van der Waals surface area contributed by atoms with E-state index in [2.05, 4.69) is 11.2 Å². The van der Waals surface area contributed by atoms with Gasteiger partial charge >= 0.3 is 0 Å². The van der Waals surface area contributed by atoms with E-state index in [0.29, 0.717) is 36.6 Å². The maximum Gasteiger partial charge on any atom is 0.238 e. The SMILES string of the molecule is COc1ccc(CN2C(=O)C3(CCC3)c3cc(-c4ccnn4-c4ccccc4)cc(OC4CCS(=N)(=O)CC4)c32)cc1. The van der Waals surface area contributed by atoms with Crippen LogP contribution in [0.4, 0.5) is 5.69 Å². The van der Waals surface area contributed by atoms with Gasteiger partial charge in [-0.2, -0.15) is 5.10 Å². The monoisotopic (exact) mass is 582 g/mol. The number of anilines is 1. The van der Waals surface area contributed by atoms with Crippen molar-refractivity contribution in [2.75, 3.05) is 23.5 Å². The molecule has 42 heavy (non-hydrogen) atoms. The Morgan fingerprint density at radius 3 is 2.43 bits per heavy atom. The lowest BCUT2D eigenvalue weighted by Crippen LogP contribution is -2.44. The second-order valence-electron chi connectivity index (χ2n) is 11.5. The zero-order chi connectivity index (χ0) is 28.9. The first-order valence-electron chi connectivity index (χ1n) is 14.5. The summed E-state index contributed by atoms with van der Waals surface area (Å²) in [6, 6.07) is 24.0. The van der Waals surface area contributed by atoms with Crippen molar-refractivity contribution in [1.29, 1.82) is 4.78 Å². The average Bonchev–Trinajstić information content (AvgIpc) is 3.56. The molecular weight excluding hydrogens is 548 g/mol. The third kappa shape index (κ3) is 4.56. The summed E-state index contributed by atoms with van der Waals surface area (Å²) in [6.07, 6.45) is 5.36. The number of amides is 1. The number of ether oxygens (including phenoxy) is 2. The van der Waals surface area contributed by atoms with Crippen LogP contribution < -0.4 is 14.4 Å².